The van der Waals surface area contributed by atoms with Gasteiger partial charge >= 0.3 is 0 Å². The van der Waals surface area contributed by atoms with Crippen molar-refractivity contribution in [3.8, 4) is 17.2 Å². The Hall–Kier alpha value is -0.690. The molecule has 0 aliphatic rings. The van der Waals surface area contributed by atoms with E-state index in [1.165, 1.54) is 11.9 Å². The van der Waals surface area contributed by atoms with E-state index in [1.807, 2.05) is 30.3 Å². The quantitative estimate of drug-likeness (QED) is 0.563. The number of rotatable bonds is 5. The monoisotopic (exact) mass is 445 g/mol. The molecule has 118 valence electrons. The molecule has 0 amide bonds. The van der Waals surface area contributed by atoms with Crippen LogP contribution >= 0.6 is 43.8 Å². The van der Waals surface area contributed by atoms with E-state index in [4.69, 9.17) is 14.6 Å². The maximum atomic E-state index is 6.03. The number of ether oxygens (including phenoxy) is 2. The third kappa shape index (κ3) is 3.98. The fourth-order valence-corrected chi connectivity index (χ4v) is 4.07. The van der Waals surface area contributed by atoms with Gasteiger partial charge in [0.2, 0.25) is 0 Å². The predicted octanol–water partition coefficient (Wildman–Crippen LogP) is 6.10. The topological polar surface area (TPSA) is 44.5 Å². The van der Waals surface area contributed by atoms with Gasteiger partial charge in [0.15, 0.2) is 5.75 Å². The normalized spacial score (nSPS) is 10.9. The van der Waals surface area contributed by atoms with Gasteiger partial charge in [-0.3, -0.25) is 5.14 Å². The lowest BCUT2D eigenvalue weighted by atomic mass is 10.0. The first-order valence-electron chi connectivity index (χ1n) is 6.67. The molecule has 0 aliphatic heterocycles. The molecule has 0 spiro atoms. The molecule has 2 N–H and O–H groups in total. The van der Waals surface area contributed by atoms with Gasteiger partial charge in [0.05, 0.1) is 16.1 Å². The molecule has 3 nitrogen and oxygen atoms in total. The third-order valence-corrected chi connectivity index (χ3v) is 4.84. The van der Waals surface area contributed by atoms with Crippen LogP contribution in [0.5, 0.6) is 17.2 Å². The molecule has 0 radical (unpaired) electrons. The molecule has 22 heavy (non-hydrogen) atoms. The second-order valence-corrected chi connectivity index (χ2v) is 7.41. The average molecular weight is 447 g/mol. The second kappa shape index (κ2) is 7.73. The van der Waals surface area contributed by atoms with Crippen LogP contribution in [0.4, 0.5) is 0 Å². The Morgan fingerprint density at radius 1 is 1.09 bits per heavy atom. The molecule has 0 saturated heterocycles. The van der Waals surface area contributed by atoms with Crippen molar-refractivity contribution in [2.45, 2.75) is 24.7 Å². The summed E-state index contributed by atoms with van der Waals surface area (Å²) >= 11 is 8.24. The number of methoxy groups -OCH3 is 1. The first kappa shape index (κ1) is 17.7. The summed E-state index contributed by atoms with van der Waals surface area (Å²) in [5, 5.41) is 5.60. The predicted molar refractivity (Wildman–Crippen MR) is 99.0 cm³/mol. The molecule has 6 heteroatoms. The fraction of sp³-hybridized carbons (Fsp3) is 0.250. The van der Waals surface area contributed by atoms with Gasteiger partial charge in [0, 0.05) is 10.5 Å². The molecule has 0 aromatic heterocycles. The van der Waals surface area contributed by atoms with E-state index >= 15 is 0 Å². The van der Waals surface area contributed by atoms with Crippen LogP contribution < -0.4 is 14.6 Å². The molecular formula is C16H17Br2NO2S. The lowest BCUT2D eigenvalue weighted by Crippen LogP contribution is -1.96. The van der Waals surface area contributed by atoms with Crippen molar-refractivity contribution in [1.82, 2.24) is 0 Å². The summed E-state index contributed by atoms with van der Waals surface area (Å²) < 4.78 is 13.1. The van der Waals surface area contributed by atoms with Crippen LogP contribution in [0, 0.1) is 0 Å². The molecule has 2 aromatic rings. The standard InChI is InChI=1S/C16H17Br2NO2S/c1-9(2)12-6-10(4-5-15(12)20-3)21-16-13(17)7-11(22-19)8-14(16)18/h4-9H,19H2,1-3H3. The number of hydrogen-bond acceptors (Lipinski definition) is 4. The van der Waals surface area contributed by atoms with Crippen molar-refractivity contribution in [3.63, 3.8) is 0 Å². The minimum atomic E-state index is 0.349. The van der Waals surface area contributed by atoms with Crippen LogP contribution in [0.1, 0.15) is 25.3 Å². The summed E-state index contributed by atoms with van der Waals surface area (Å²) in [7, 11) is 1.68. The summed E-state index contributed by atoms with van der Waals surface area (Å²) in [6.45, 7) is 4.25. The smallest absolute Gasteiger partial charge is 0.155 e. The Balaban J connectivity index is 2.37. The highest BCUT2D eigenvalue weighted by Gasteiger charge is 2.13. The molecule has 0 aliphatic carbocycles. The summed E-state index contributed by atoms with van der Waals surface area (Å²) in [5.74, 6) is 2.70. The Bertz CT molecular complexity index is 654. The summed E-state index contributed by atoms with van der Waals surface area (Å²) in [6.07, 6.45) is 0. The van der Waals surface area contributed by atoms with Crippen molar-refractivity contribution in [1.29, 1.82) is 0 Å². The molecule has 0 atom stereocenters. The van der Waals surface area contributed by atoms with Gasteiger partial charge < -0.3 is 9.47 Å². The van der Waals surface area contributed by atoms with E-state index in [1.54, 1.807) is 7.11 Å². The van der Waals surface area contributed by atoms with Gasteiger partial charge in [-0.2, -0.15) is 0 Å². The van der Waals surface area contributed by atoms with Gasteiger partial charge in [0.25, 0.3) is 0 Å². The molecule has 0 bridgehead atoms. The van der Waals surface area contributed by atoms with Gasteiger partial charge in [-0.15, -0.1) is 0 Å². The lowest BCUT2D eigenvalue weighted by molar-refractivity contribution is 0.405. The zero-order valence-electron chi connectivity index (χ0n) is 12.5. The zero-order chi connectivity index (χ0) is 16.3. The van der Waals surface area contributed by atoms with Gasteiger partial charge in [0.1, 0.15) is 11.5 Å². The van der Waals surface area contributed by atoms with Gasteiger partial charge in [-0.05, 0) is 80.1 Å². The Morgan fingerprint density at radius 2 is 1.73 bits per heavy atom. The number of nitrogens with two attached hydrogens (primary N) is 1. The average Bonchev–Trinajstić information content (AvgIpc) is 2.50. The van der Waals surface area contributed by atoms with Gasteiger partial charge in [-0.25, -0.2) is 0 Å². The van der Waals surface area contributed by atoms with Crippen LogP contribution in [-0.4, -0.2) is 7.11 Å². The maximum Gasteiger partial charge on any atom is 0.155 e. The van der Waals surface area contributed by atoms with Gasteiger partial charge in [-0.1, -0.05) is 13.8 Å². The highest BCUT2D eigenvalue weighted by molar-refractivity contribution is 9.11. The van der Waals surface area contributed by atoms with E-state index in [-0.39, 0.29) is 0 Å². The number of hydrogen-bond donors (Lipinski definition) is 1. The third-order valence-electron chi connectivity index (χ3n) is 3.15. The van der Waals surface area contributed by atoms with Crippen LogP contribution in [0.3, 0.4) is 0 Å². The highest BCUT2D eigenvalue weighted by Crippen LogP contribution is 2.40. The minimum absolute atomic E-state index is 0.349. The van der Waals surface area contributed by atoms with E-state index in [9.17, 15) is 0 Å². The molecule has 2 aromatic carbocycles. The summed E-state index contributed by atoms with van der Waals surface area (Å²) in [4.78, 5) is 0.948. The van der Waals surface area contributed by atoms with E-state index in [0.717, 1.165) is 36.7 Å². The Labute approximate surface area is 152 Å². The molecule has 0 saturated carbocycles. The highest BCUT2D eigenvalue weighted by atomic mass is 79.9. The first-order valence-corrected chi connectivity index (χ1v) is 9.14. The maximum absolute atomic E-state index is 6.03. The van der Waals surface area contributed by atoms with Crippen LogP contribution in [0.2, 0.25) is 0 Å². The van der Waals surface area contributed by atoms with Crippen molar-refractivity contribution in [2.75, 3.05) is 7.11 Å². The largest absolute Gasteiger partial charge is 0.496 e. The number of benzene rings is 2. The van der Waals surface area contributed by atoms with E-state index in [2.05, 4.69) is 45.7 Å². The van der Waals surface area contributed by atoms with Crippen molar-refractivity contribution < 1.29 is 9.47 Å². The molecule has 0 heterocycles. The van der Waals surface area contributed by atoms with Crippen molar-refractivity contribution in [3.05, 3.63) is 44.8 Å². The Kier molecular flexibility index (Phi) is 6.20. The van der Waals surface area contributed by atoms with Crippen molar-refractivity contribution in [2.24, 2.45) is 5.14 Å². The second-order valence-electron chi connectivity index (χ2n) is 4.99. The SMILES string of the molecule is COc1ccc(Oc2c(Br)cc(SN)cc2Br)cc1C(C)C. The molecule has 0 fully saturated rings. The Morgan fingerprint density at radius 3 is 2.23 bits per heavy atom. The van der Waals surface area contributed by atoms with E-state index < -0.39 is 0 Å². The van der Waals surface area contributed by atoms with Crippen LogP contribution in [0.15, 0.2) is 44.2 Å². The lowest BCUT2D eigenvalue weighted by Gasteiger charge is -2.15. The van der Waals surface area contributed by atoms with Crippen LogP contribution in [-0.2, 0) is 0 Å². The molecule has 2 rings (SSSR count). The fourth-order valence-electron chi connectivity index (χ4n) is 2.05. The first-order chi connectivity index (χ1) is 10.5. The molecule has 0 unspecified atom stereocenters. The number of halogens is 2. The van der Waals surface area contributed by atoms with Crippen molar-refractivity contribution >= 4 is 43.8 Å². The summed E-state index contributed by atoms with van der Waals surface area (Å²) in [6, 6.07) is 9.69. The minimum Gasteiger partial charge on any atom is -0.496 e. The summed E-state index contributed by atoms with van der Waals surface area (Å²) in [5.41, 5.74) is 1.11. The molecular weight excluding hydrogens is 430 g/mol. The van der Waals surface area contributed by atoms with Crippen LogP contribution in [0.25, 0.3) is 0 Å². The van der Waals surface area contributed by atoms with E-state index in [0.29, 0.717) is 5.92 Å². The zero-order valence-corrected chi connectivity index (χ0v) is 16.5.